The summed E-state index contributed by atoms with van der Waals surface area (Å²) in [5, 5.41) is 3.03. The van der Waals surface area contributed by atoms with Crippen molar-refractivity contribution in [3.63, 3.8) is 0 Å². The first kappa shape index (κ1) is 71.1. The molecule has 5 N–H and O–H groups in total. The Morgan fingerprint density at radius 2 is 0.531 bits per heavy atom. The molecule has 23 heteroatoms. The first-order valence-electron chi connectivity index (χ1n) is 5.93. The Bertz CT molecular complexity index is 316. The fraction of sp³-hybridized carbons (Fsp3) is 0.444. The van der Waals surface area contributed by atoms with Crippen LogP contribution >= 0.6 is 40.0 Å². The van der Waals surface area contributed by atoms with E-state index in [1.807, 2.05) is 0 Å². The zero-order valence-electron chi connectivity index (χ0n) is 19.3. The van der Waals surface area contributed by atoms with E-state index in [1.54, 1.807) is 0 Å². The van der Waals surface area contributed by atoms with E-state index in [1.165, 1.54) is 0 Å². The molecule has 0 aliphatic rings. The summed E-state index contributed by atoms with van der Waals surface area (Å²) in [6, 6.07) is 0. The van der Waals surface area contributed by atoms with Crippen LogP contribution in [0.5, 0.6) is 0 Å². The van der Waals surface area contributed by atoms with Crippen molar-refractivity contribution in [1.29, 1.82) is 0 Å². The second-order valence-electron chi connectivity index (χ2n) is 2.99. The van der Waals surface area contributed by atoms with Gasteiger partial charge in [0.05, 0.1) is 31.5 Å². The third-order valence-electron chi connectivity index (χ3n) is 0.642. The fourth-order valence-electron chi connectivity index (χ4n) is 0.329. The van der Waals surface area contributed by atoms with Crippen molar-refractivity contribution in [3.8, 4) is 0 Å². The van der Waals surface area contributed by atoms with Crippen LogP contribution in [0.4, 0.5) is 0 Å². The third kappa shape index (κ3) is 478. The number of nitrogens with one attached hydrogen (secondary N) is 1. The van der Waals surface area contributed by atoms with Crippen LogP contribution in [-0.4, -0.2) is 57.7 Å². The van der Waals surface area contributed by atoms with Gasteiger partial charge >= 0.3 is 148 Å². The molecule has 0 saturated heterocycles. The Hall–Kier alpha value is 5.33. The van der Waals surface area contributed by atoms with Gasteiger partial charge in [-0.25, -0.2) is 0 Å². The van der Waals surface area contributed by atoms with E-state index in [0.29, 0.717) is 13.1 Å². The smallest absolute Gasteiger partial charge is 0.634 e. The summed E-state index contributed by atoms with van der Waals surface area (Å²) in [6.45, 7) is 3.13. The van der Waals surface area contributed by atoms with Crippen molar-refractivity contribution in [3.05, 3.63) is 0 Å². The third-order valence-corrected chi connectivity index (χ3v) is 0.642. The topological polar surface area (TPSA) is 295 Å². The summed E-state index contributed by atoms with van der Waals surface area (Å²) in [6.07, 6.45) is 13.0. The Kier molecular flexibility index (Phi) is 157. The maximum atomic E-state index is 8.93. The molecule has 0 unspecified atom stereocenters. The average Bonchev–Trinajstić information content (AvgIpc) is 2.35. The quantitative estimate of drug-likeness (QED) is 0.153. The predicted molar refractivity (Wildman–Crippen MR) is 101 cm³/mol. The molecule has 0 radical (unpaired) electrons. The molecule has 0 rings (SSSR count). The minimum Gasteiger partial charge on any atom is -0.634 e. The van der Waals surface area contributed by atoms with E-state index in [9.17, 15) is 0 Å². The molecule has 0 fully saturated rings. The number of rotatable bonds is 4. The molecule has 0 aromatic carbocycles. The van der Waals surface area contributed by atoms with E-state index in [0.717, 1.165) is 13.1 Å². The SMILES string of the molecule is C=[P+]([O-])[O-].C=[P+]([O-])[O-].C=[P+]([O-])[O-].C=[P+]([O-])[O-].C=[P+]([O-])[O-].NCCNCCN.[Na+].[Na+].[Na+].[Na+].[Na+]. The summed E-state index contributed by atoms with van der Waals surface area (Å²) >= 11 is 0. The molecule has 0 aromatic rings. The molecule has 0 aromatic heterocycles. The molecular formula is C9H23N3Na5O10P5. The Labute approximate surface area is 306 Å². The van der Waals surface area contributed by atoms with Gasteiger partial charge in [-0.2, -0.15) is 0 Å². The molecule has 0 amide bonds. The van der Waals surface area contributed by atoms with Gasteiger partial charge in [-0.15, -0.1) is 0 Å². The molecule has 32 heavy (non-hydrogen) atoms. The fourth-order valence-corrected chi connectivity index (χ4v) is 0.329. The van der Waals surface area contributed by atoms with Crippen LogP contribution in [-0.2, 0) is 0 Å². The average molecular weight is 603 g/mol. The Morgan fingerprint density at radius 1 is 0.438 bits per heavy atom. The molecule has 0 bridgehead atoms. The van der Waals surface area contributed by atoms with Crippen molar-refractivity contribution in [2.45, 2.75) is 0 Å². The van der Waals surface area contributed by atoms with Gasteiger partial charge in [-0.1, -0.05) is 0 Å². The number of hydrogen-bond acceptors (Lipinski definition) is 13. The molecular weight excluding hydrogens is 580 g/mol. The second kappa shape index (κ2) is 70.7. The van der Waals surface area contributed by atoms with Crippen LogP contribution in [0.15, 0.2) is 0 Å². The first-order valence-corrected chi connectivity index (χ1v) is 12.7. The zero-order chi connectivity index (χ0) is 23.4. The van der Waals surface area contributed by atoms with E-state index in [2.05, 4.69) is 36.8 Å². The molecule has 0 heterocycles. The molecule has 13 nitrogen and oxygen atoms in total. The van der Waals surface area contributed by atoms with Gasteiger partial charge in [0, 0.05) is 26.2 Å². The largest absolute Gasteiger partial charge is 1.00 e. The van der Waals surface area contributed by atoms with Gasteiger partial charge in [0.2, 0.25) is 0 Å². The maximum Gasteiger partial charge on any atom is 1.00 e. The maximum absolute atomic E-state index is 8.93. The summed E-state index contributed by atoms with van der Waals surface area (Å²) in [4.78, 5) is 89.3. The second-order valence-corrected chi connectivity index (χ2v) is 6.32. The summed E-state index contributed by atoms with van der Waals surface area (Å²) in [7, 11) is -11.9. The minimum atomic E-state index is -2.37. The molecule has 0 saturated carbocycles. The van der Waals surface area contributed by atoms with E-state index < -0.39 is 40.0 Å². The standard InChI is InChI=1S/C4H13N3.5CH3O2P.5Na/c5-1-3-7-4-2-6;5*1-4(2)3;;;;;/h7H,1-6H2;5*1H2,(H,2,3);;;;;/q;;;;;;5*+1/p-5. The zero-order valence-corrected chi connectivity index (χ0v) is 33.8. The van der Waals surface area contributed by atoms with Gasteiger partial charge in [0.15, 0.2) is 0 Å². The Morgan fingerprint density at radius 3 is 0.594 bits per heavy atom. The minimum absolute atomic E-state index is 0. The Balaban J connectivity index is -0.0000000181. The van der Waals surface area contributed by atoms with Crippen LogP contribution in [0.25, 0.3) is 0 Å². The molecule has 164 valence electrons. The van der Waals surface area contributed by atoms with Crippen molar-refractivity contribution < 1.29 is 197 Å². The van der Waals surface area contributed by atoms with Gasteiger partial charge in [0.1, 0.15) is 0 Å². The number of hydrogen-bond donors (Lipinski definition) is 3. The van der Waals surface area contributed by atoms with Gasteiger partial charge in [-0.05, 0) is 40.0 Å². The monoisotopic (exact) mass is 603 g/mol. The molecule has 0 spiro atoms. The van der Waals surface area contributed by atoms with Crippen LogP contribution in [0.3, 0.4) is 0 Å². The van der Waals surface area contributed by atoms with Crippen LogP contribution in [0.2, 0.25) is 0 Å². The predicted octanol–water partition coefficient (Wildman–Crippen LogP) is -24.2. The summed E-state index contributed by atoms with van der Waals surface area (Å²) < 4.78 is 0. The van der Waals surface area contributed by atoms with Gasteiger partial charge in [-0.3, -0.25) is 0 Å². The van der Waals surface area contributed by atoms with Crippen molar-refractivity contribution in [1.82, 2.24) is 5.32 Å². The molecule has 0 atom stereocenters. The van der Waals surface area contributed by atoms with E-state index in [4.69, 9.17) is 60.4 Å². The van der Waals surface area contributed by atoms with Crippen LogP contribution in [0.1, 0.15) is 0 Å². The van der Waals surface area contributed by atoms with Crippen molar-refractivity contribution in [2.75, 3.05) is 26.2 Å². The molecule has 0 aliphatic heterocycles. The summed E-state index contributed by atoms with van der Waals surface area (Å²) in [5.41, 5.74) is 10.3. The van der Waals surface area contributed by atoms with E-state index >= 15 is 0 Å². The first-order chi connectivity index (χ1) is 12.1. The van der Waals surface area contributed by atoms with Crippen molar-refractivity contribution in [2.24, 2.45) is 11.5 Å². The van der Waals surface area contributed by atoms with Crippen LogP contribution in [0, 0.1) is 0 Å². The van der Waals surface area contributed by atoms with Crippen molar-refractivity contribution >= 4 is 71.5 Å². The van der Waals surface area contributed by atoms with Gasteiger partial charge in [0.25, 0.3) is 0 Å². The van der Waals surface area contributed by atoms with Crippen LogP contribution < -0.4 is 214 Å². The normalized spacial score (nSPS) is 6.12. The van der Waals surface area contributed by atoms with Gasteiger partial charge < -0.3 is 65.7 Å². The van der Waals surface area contributed by atoms with E-state index in [-0.39, 0.29) is 148 Å². The summed E-state index contributed by atoms with van der Waals surface area (Å²) in [5.74, 6) is 0. The molecule has 0 aliphatic carbocycles. The number of nitrogens with two attached hydrogens (primary N) is 2.